The lowest BCUT2D eigenvalue weighted by Crippen LogP contribution is -2.24. The maximum Gasteiger partial charge on any atom is 0.0557 e. The van der Waals surface area contributed by atoms with Crippen molar-refractivity contribution in [3.63, 3.8) is 0 Å². The number of hydrogen-bond donors (Lipinski definition) is 2. The molecule has 1 fully saturated rings. The number of benzene rings is 1. The Bertz CT molecular complexity index is 450. The van der Waals surface area contributed by atoms with Gasteiger partial charge in [0, 0.05) is 29.5 Å². The Morgan fingerprint density at radius 1 is 1.45 bits per heavy atom. The molecule has 1 aliphatic heterocycles. The summed E-state index contributed by atoms with van der Waals surface area (Å²) in [5.74, 6) is 0.391. The van der Waals surface area contributed by atoms with E-state index in [0.29, 0.717) is 12.0 Å². The zero-order valence-electron chi connectivity index (χ0n) is 12.6. The van der Waals surface area contributed by atoms with Crippen molar-refractivity contribution in [2.45, 2.75) is 39.3 Å². The molecule has 3 unspecified atom stereocenters. The third-order valence-electron chi connectivity index (χ3n) is 4.23. The van der Waals surface area contributed by atoms with Gasteiger partial charge < -0.3 is 15.3 Å². The maximum atomic E-state index is 9.72. The first kappa shape index (κ1) is 15.8. The number of aliphatic hydroxyl groups excluding tert-OH is 1. The van der Waals surface area contributed by atoms with E-state index in [0.717, 1.165) is 30.5 Å². The van der Waals surface area contributed by atoms with E-state index >= 15 is 0 Å². The molecule has 2 rings (SSSR count). The lowest BCUT2D eigenvalue weighted by molar-refractivity contribution is 0.136. The molecule has 1 heterocycles. The minimum atomic E-state index is -0.216. The maximum absolute atomic E-state index is 9.72. The number of aliphatic hydroxyl groups is 1. The Morgan fingerprint density at radius 2 is 2.20 bits per heavy atom. The van der Waals surface area contributed by atoms with Crippen LogP contribution in [0.5, 0.6) is 0 Å². The predicted octanol–water partition coefficient (Wildman–Crippen LogP) is 3.33. The van der Waals surface area contributed by atoms with Crippen molar-refractivity contribution in [1.82, 2.24) is 5.32 Å². The SMILES string of the molecule is CCNC(C)c1ccc(N2CCC(C(C)O)C2)c(Br)c1. The summed E-state index contributed by atoms with van der Waals surface area (Å²) in [6.07, 6.45) is 0.853. The summed E-state index contributed by atoms with van der Waals surface area (Å²) < 4.78 is 1.14. The van der Waals surface area contributed by atoms with Crippen LogP contribution in [0, 0.1) is 5.92 Å². The molecule has 1 aromatic carbocycles. The molecule has 2 N–H and O–H groups in total. The first-order valence-corrected chi connectivity index (χ1v) is 8.28. The molecule has 0 aliphatic carbocycles. The topological polar surface area (TPSA) is 35.5 Å². The molecule has 4 heteroatoms. The van der Waals surface area contributed by atoms with Crippen LogP contribution in [-0.2, 0) is 0 Å². The summed E-state index contributed by atoms with van der Waals surface area (Å²) in [6, 6.07) is 6.97. The van der Waals surface area contributed by atoms with Gasteiger partial charge in [0.05, 0.1) is 11.8 Å². The van der Waals surface area contributed by atoms with Crippen LogP contribution in [-0.4, -0.2) is 30.8 Å². The number of anilines is 1. The lowest BCUT2D eigenvalue weighted by atomic mass is 10.0. The van der Waals surface area contributed by atoms with Crippen molar-refractivity contribution < 1.29 is 5.11 Å². The van der Waals surface area contributed by atoms with Gasteiger partial charge in [-0.2, -0.15) is 0 Å². The minimum Gasteiger partial charge on any atom is -0.393 e. The lowest BCUT2D eigenvalue weighted by Gasteiger charge is -2.22. The van der Waals surface area contributed by atoms with Gasteiger partial charge in [-0.25, -0.2) is 0 Å². The number of rotatable bonds is 5. The van der Waals surface area contributed by atoms with Crippen LogP contribution in [0.3, 0.4) is 0 Å². The average molecular weight is 341 g/mol. The van der Waals surface area contributed by atoms with Crippen LogP contribution in [0.15, 0.2) is 22.7 Å². The Labute approximate surface area is 130 Å². The predicted molar refractivity (Wildman–Crippen MR) is 88.2 cm³/mol. The van der Waals surface area contributed by atoms with Crippen LogP contribution >= 0.6 is 15.9 Å². The highest BCUT2D eigenvalue weighted by Crippen LogP contribution is 2.33. The average Bonchev–Trinajstić information content (AvgIpc) is 2.88. The van der Waals surface area contributed by atoms with E-state index in [4.69, 9.17) is 0 Å². The Kier molecular flexibility index (Phi) is 5.47. The normalized spacial score (nSPS) is 22.1. The largest absolute Gasteiger partial charge is 0.393 e. The van der Waals surface area contributed by atoms with E-state index in [9.17, 15) is 5.11 Å². The Morgan fingerprint density at radius 3 is 2.75 bits per heavy atom. The first-order valence-electron chi connectivity index (χ1n) is 7.48. The monoisotopic (exact) mass is 340 g/mol. The van der Waals surface area contributed by atoms with Crippen molar-refractivity contribution in [2.24, 2.45) is 5.92 Å². The fourth-order valence-electron chi connectivity index (χ4n) is 2.87. The fourth-order valence-corrected chi connectivity index (χ4v) is 3.52. The highest BCUT2D eigenvalue weighted by molar-refractivity contribution is 9.10. The van der Waals surface area contributed by atoms with Gasteiger partial charge in [-0.15, -0.1) is 0 Å². The van der Waals surface area contributed by atoms with Gasteiger partial charge >= 0.3 is 0 Å². The van der Waals surface area contributed by atoms with Gasteiger partial charge in [-0.1, -0.05) is 13.0 Å². The van der Waals surface area contributed by atoms with Gasteiger partial charge in [-0.3, -0.25) is 0 Å². The molecule has 0 saturated carbocycles. The van der Waals surface area contributed by atoms with Crippen molar-refractivity contribution in [2.75, 3.05) is 24.5 Å². The zero-order valence-corrected chi connectivity index (χ0v) is 14.2. The number of hydrogen-bond acceptors (Lipinski definition) is 3. The molecule has 3 atom stereocenters. The van der Waals surface area contributed by atoms with Gasteiger partial charge in [-0.05, 0) is 60.4 Å². The molecule has 0 bridgehead atoms. The summed E-state index contributed by atoms with van der Waals surface area (Å²) in [5.41, 5.74) is 2.54. The minimum absolute atomic E-state index is 0.216. The van der Waals surface area contributed by atoms with Gasteiger partial charge in [0.1, 0.15) is 0 Å². The summed E-state index contributed by atoms with van der Waals surface area (Å²) >= 11 is 3.70. The Balaban J connectivity index is 2.10. The molecule has 112 valence electrons. The third kappa shape index (κ3) is 3.54. The van der Waals surface area contributed by atoms with Crippen LogP contribution < -0.4 is 10.2 Å². The molecule has 0 spiro atoms. The van der Waals surface area contributed by atoms with E-state index in [1.54, 1.807) is 0 Å². The molecule has 0 radical (unpaired) electrons. The standard InChI is InChI=1S/C16H25BrN2O/c1-4-18-11(2)13-5-6-16(15(17)9-13)19-8-7-14(10-19)12(3)20/h5-6,9,11-12,14,18,20H,4,7-8,10H2,1-3H3. The van der Waals surface area contributed by atoms with Gasteiger partial charge in [0.15, 0.2) is 0 Å². The van der Waals surface area contributed by atoms with Crippen molar-refractivity contribution in [3.8, 4) is 0 Å². The van der Waals surface area contributed by atoms with Crippen LogP contribution in [0.2, 0.25) is 0 Å². The van der Waals surface area contributed by atoms with E-state index < -0.39 is 0 Å². The van der Waals surface area contributed by atoms with Crippen LogP contribution in [0.25, 0.3) is 0 Å². The van der Waals surface area contributed by atoms with Crippen molar-refractivity contribution in [3.05, 3.63) is 28.2 Å². The number of halogens is 1. The molecular formula is C16H25BrN2O. The molecule has 0 aromatic heterocycles. The summed E-state index contributed by atoms with van der Waals surface area (Å²) in [4.78, 5) is 2.36. The second-order valence-electron chi connectivity index (χ2n) is 5.73. The number of nitrogens with one attached hydrogen (secondary N) is 1. The van der Waals surface area contributed by atoms with E-state index in [1.807, 2.05) is 6.92 Å². The molecule has 1 saturated heterocycles. The highest BCUT2D eigenvalue weighted by Gasteiger charge is 2.27. The Hall–Kier alpha value is -0.580. The summed E-state index contributed by atoms with van der Waals surface area (Å²) in [7, 11) is 0. The second kappa shape index (κ2) is 6.92. The quantitative estimate of drug-likeness (QED) is 0.862. The number of nitrogens with zero attached hydrogens (tertiary/aromatic N) is 1. The molecule has 1 aromatic rings. The van der Waals surface area contributed by atoms with Crippen molar-refractivity contribution >= 4 is 21.6 Å². The van der Waals surface area contributed by atoms with E-state index in [2.05, 4.69) is 58.2 Å². The van der Waals surface area contributed by atoms with Crippen LogP contribution in [0.4, 0.5) is 5.69 Å². The highest BCUT2D eigenvalue weighted by atomic mass is 79.9. The van der Waals surface area contributed by atoms with Crippen molar-refractivity contribution in [1.29, 1.82) is 0 Å². The van der Waals surface area contributed by atoms with E-state index in [-0.39, 0.29) is 6.10 Å². The second-order valence-corrected chi connectivity index (χ2v) is 6.58. The smallest absolute Gasteiger partial charge is 0.0557 e. The zero-order chi connectivity index (χ0) is 14.7. The van der Waals surface area contributed by atoms with Gasteiger partial charge in [0.2, 0.25) is 0 Å². The van der Waals surface area contributed by atoms with Gasteiger partial charge in [0.25, 0.3) is 0 Å². The molecule has 0 amide bonds. The third-order valence-corrected chi connectivity index (χ3v) is 4.86. The molecule has 1 aliphatic rings. The van der Waals surface area contributed by atoms with E-state index in [1.165, 1.54) is 11.3 Å². The molecule has 3 nitrogen and oxygen atoms in total. The van der Waals surface area contributed by atoms with Crippen LogP contribution in [0.1, 0.15) is 38.8 Å². The summed E-state index contributed by atoms with van der Waals surface area (Å²) in [5, 5.41) is 13.1. The summed E-state index contributed by atoms with van der Waals surface area (Å²) in [6.45, 7) is 9.15. The molecule has 20 heavy (non-hydrogen) atoms. The fraction of sp³-hybridized carbons (Fsp3) is 0.625. The first-order chi connectivity index (χ1) is 9.52. The molecular weight excluding hydrogens is 316 g/mol.